The molecule has 1 N–H and O–H groups in total. The van der Waals surface area contributed by atoms with E-state index in [1.807, 2.05) is 25.1 Å². The van der Waals surface area contributed by atoms with Gasteiger partial charge in [-0.3, -0.25) is 0 Å². The third kappa shape index (κ3) is 3.66. The van der Waals surface area contributed by atoms with Crippen LogP contribution in [0.15, 0.2) is 36.4 Å². The molecule has 2 rings (SSSR count). The molecule has 0 radical (unpaired) electrons. The number of aliphatic hydroxyl groups is 1. The summed E-state index contributed by atoms with van der Waals surface area (Å²) in [6.45, 7) is 4.00. The summed E-state index contributed by atoms with van der Waals surface area (Å²) in [5, 5.41) is 11.0. The Labute approximate surface area is 128 Å². The molecule has 20 heavy (non-hydrogen) atoms. The van der Waals surface area contributed by atoms with Crippen molar-refractivity contribution in [2.24, 2.45) is 0 Å². The van der Waals surface area contributed by atoms with Gasteiger partial charge in [-0.15, -0.1) is 0 Å². The molecule has 0 amide bonds. The van der Waals surface area contributed by atoms with Crippen molar-refractivity contribution in [1.29, 1.82) is 0 Å². The van der Waals surface area contributed by atoms with E-state index in [9.17, 15) is 5.11 Å². The maximum absolute atomic E-state index is 9.80. The van der Waals surface area contributed by atoms with Gasteiger partial charge >= 0.3 is 0 Å². The van der Waals surface area contributed by atoms with Crippen LogP contribution in [0.25, 0.3) is 0 Å². The van der Waals surface area contributed by atoms with Crippen molar-refractivity contribution >= 4 is 23.2 Å². The summed E-state index contributed by atoms with van der Waals surface area (Å²) in [6.07, 6.45) is -0.584. The maximum Gasteiger partial charge on any atom is 0.125 e. The minimum absolute atomic E-state index is 0.308. The van der Waals surface area contributed by atoms with E-state index in [4.69, 9.17) is 27.9 Å². The molecular formula is C16H16Cl2O2. The Bertz CT molecular complexity index is 609. The Morgan fingerprint density at radius 1 is 1.15 bits per heavy atom. The predicted molar refractivity (Wildman–Crippen MR) is 82.6 cm³/mol. The number of aliphatic hydroxyl groups excluding tert-OH is 1. The molecule has 0 heterocycles. The topological polar surface area (TPSA) is 29.5 Å². The lowest BCUT2D eigenvalue weighted by molar-refractivity contribution is 0.190. The Kier molecular flexibility index (Phi) is 4.92. The Morgan fingerprint density at radius 2 is 1.90 bits per heavy atom. The monoisotopic (exact) mass is 310 g/mol. The van der Waals surface area contributed by atoms with Crippen molar-refractivity contribution < 1.29 is 9.84 Å². The van der Waals surface area contributed by atoms with Crippen LogP contribution in [0.1, 0.15) is 29.7 Å². The molecule has 2 nitrogen and oxygen atoms in total. The summed E-state index contributed by atoms with van der Waals surface area (Å²) in [6, 6.07) is 11.0. The smallest absolute Gasteiger partial charge is 0.125 e. The quantitative estimate of drug-likeness (QED) is 0.867. The molecule has 0 saturated carbocycles. The fourth-order valence-electron chi connectivity index (χ4n) is 1.94. The van der Waals surface area contributed by atoms with E-state index in [0.717, 1.165) is 16.7 Å². The van der Waals surface area contributed by atoms with Crippen molar-refractivity contribution in [3.8, 4) is 5.75 Å². The summed E-state index contributed by atoms with van der Waals surface area (Å²) >= 11 is 12.0. The molecule has 0 aliphatic rings. The van der Waals surface area contributed by atoms with Crippen LogP contribution in [0.2, 0.25) is 10.0 Å². The largest absolute Gasteiger partial charge is 0.488 e. The number of hydrogen-bond acceptors (Lipinski definition) is 2. The second-order valence-corrected chi connectivity index (χ2v) is 5.59. The number of rotatable bonds is 4. The van der Waals surface area contributed by atoms with E-state index in [2.05, 4.69) is 0 Å². The molecule has 0 bridgehead atoms. The van der Waals surface area contributed by atoms with E-state index in [0.29, 0.717) is 22.4 Å². The van der Waals surface area contributed by atoms with Crippen LogP contribution in [0.3, 0.4) is 0 Å². The van der Waals surface area contributed by atoms with Gasteiger partial charge in [0.25, 0.3) is 0 Å². The van der Waals surface area contributed by atoms with Crippen molar-refractivity contribution in [1.82, 2.24) is 0 Å². The van der Waals surface area contributed by atoms with Gasteiger partial charge in [-0.1, -0.05) is 34.8 Å². The fraction of sp³-hybridized carbons (Fsp3) is 0.250. The van der Waals surface area contributed by atoms with Crippen LogP contribution >= 0.6 is 23.2 Å². The Morgan fingerprint density at radius 3 is 2.60 bits per heavy atom. The Hall–Kier alpha value is -1.22. The summed E-state index contributed by atoms with van der Waals surface area (Å²) in [5.41, 5.74) is 2.66. The summed E-state index contributed by atoms with van der Waals surface area (Å²) < 4.78 is 5.77. The van der Waals surface area contributed by atoms with Gasteiger partial charge in [-0.2, -0.15) is 0 Å². The van der Waals surface area contributed by atoms with Crippen LogP contribution < -0.4 is 4.74 Å². The lowest BCUT2D eigenvalue weighted by Gasteiger charge is -2.15. The highest BCUT2D eigenvalue weighted by Gasteiger charge is 2.10. The van der Waals surface area contributed by atoms with Gasteiger partial charge in [0.1, 0.15) is 12.4 Å². The first-order valence-electron chi connectivity index (χ1n) is 6.32. The zero-order valence-electron chi connectivity index (χ0n) is 11.4. The van der Waals surface area contributed by atoms with Crippen molar-refractivity contribution in [3.05, 3.63) is 63.1 Å². The van der Waals surface area contributed by atoms with Crippen LogP contribution in [-0.2, 0) is 6.61 Å². The number of hydrogen-bond donors (Lipinski definition) is 1. The molecule has 0 fully saturated rings. The van der Waals surface area contributed by atoms with Gasteiger partial charge in [0.15, 0.2) is 0 Å². The normalized spacial score (nSPS) is 12.2. The minimum atomic E-state index is -0.584. The molecule has 2 aromatic rings. The number of ether oxygens (including phenoxy) is 1. The van der Waals surface area contributed by atoms with E-state index in [1.54, 1.807) is 25.1 Å². The average Bonchev–Trinajstić information content (AvgIpc) is 2.40. The molecule has 4 heteroatoms. The standard InChI is InChI=1S/C16H16Cl2O2/c1-10-3-6-16(14(7-10)11(2)19)20-9-12-8-13(17)4-5-15(12)18/h3-8,11,19H,9H2,1-2H3/t11-/m1/s1. The molecule has 106 valence electrons. The summed E-state index contributed by atoms with van der Waals surface area (Å²) in [5.74, 6) is 0.654. The maximum atomic E-state index is 9.80. The third-order valence-corrected chi connectivity index (χ3v) is 3.61. The van der Waals surface area contributed by atoms with E-state index >= 15 is 0 Å². The first kappa shape index (κ1) is 15.2. The van der Waals surface area contributed by atoms with Gasteiger partial charge in [0, 0.05) is 21.2 Å². The predicted octanol–water partition coefficient (Wildman–Crippen LogP) is 4.93. The van der Waals surface area contributed by atoms with Crippen LogP contribution in [0, 0.1) is 6.92 Å². The average molecular weight is 311 g/mol. The van der Waals surface area contributed by atoms with Crippen molar-refractivity contribution in [2.45, 2.75) is 26.6 Å². The highest BCUT2D eigenvalue weighted by molar-refractivity contribution is 6.33. The second-order valence-electron chi connectivity index (χ2n) is 4.74. The molecule has 0 saturated heterocycles. The van der Waals surface area contributed by atoms with Gasteiger partial charge in [-0.05, 0) is 44.2 Å². The molecule has 1 atom stereocenters. The number of aryl methyl sites for hydroxylation is 1. The lowest BCUT2D eigenvalue weighted by Crippen LogP contribution is -2.02. The second kappa shape index (κ2) is 6.49. The zero-order valence-corrected chi connectivity index (χ0v) is 12.9. The van der Waals surface area contributed by atoms with Crippen LogP contribution in [0.4, 0.5) is 0 Å². The molecule has 0 unspecified atom stereocenters. The molecule has 0 aromatic heterocycles. The number of benzene rings is 2. The third-order valence-electron chi connectivity index (χ3n) is 3.01. The van der Waals surface area contributed by atoms with E-state index in [-0.39, 0.29) is 0 Å². The van der Waals surface area contributed by atoms with Gasteiger partial charge in [0.2, 0.25) is 0 Å². The summed E-state index contributed by atoms with van der Waals surface area (Å²) in [7, 11) is 0. The molecule has 0 aliphatic carbocycles. The Balaban J connectivity index is 2.20. The fourth-order valence-corrected chi connectivity index (χ4v) is 2.30. The molecular weight excluding hydrogens is 295 g/mol. The molecule has 2 aromatic carbocycles. The SMILES string of the molecule is Cc1ccc(OCc2cc(Cl)ccc2Cl)c([C@@H](C)O)c1. The summed E-state index contributed by atoms with van der Waals surface area (Å²) in [4.78, 5) is 0. The van der Waals surface area contributed by atoms with Gasteiger partial charge < -0.3 is 9.84 Å². The first-order valence-corrected chi connectivity index (χ1v) is 7.08. The lowest BCUT2D eigenvalue weighted by atomic mass is 10.1. The van der Waals surface area contributed by atoms with Crippen molar-refractivity contribution in [3.63, 3.8) is 0 Å². The first-order chi connectivity index (χ1) is 9.47. The molecule has 0 spiro atoms. The number of halogens is 2. The van der Waals surface area contributed by atoms with Crippen molar-refractivity contribution in [2.75, 3.05) is 0 Å². The highest BCUT2D eigenvalue weighted by Crippen LogP contribution is 2.28. The molecule has 0 aliphatic heterocycles. The van der Waals surface area contributed by atoms with Crippen LogP contribution in [0.5, 0.6) is 5.75 Å². The van der Waals surface area contributed by atoms with Crippen LogP contribution in [-0.4, -0.2) is 5.11 Å². The van der Waals surface area contributed by atoms with Gasteiger partial charge in [0.05, 0.1) is 6.10 Å². The van der Waals surface area contributed by atoms with E-state index in [1.165, 1.54) is 0 Å². The van der Waals surface area contributed by atoms with Gasteiger partial charge in [-0.25, -0.2) is 0 Å². The zero-order chi connectivity index (χ0) is 14.7. The highest BCUT2D eigenvalue weighted by atomic mass is 35.5. The van der Waals surface area contributed by atoms with E-state index < -0.39 is 6.10 Å². The minimum Gasteiger partial charge on any atom is -0.488 e.